The van der Waals surface area contributed by atoms with Crippen LogP contribution in [0.4, 0.5) is 0 Å². The van der Waals surface area contributed by atoms with Gasteiger partial charge in [-0.15, -0.1) is 0 Å². The Morgan fingerprint density at radius 2 is 2.12 bits per heavy atom. The van der Waals surface area contributed by atoms with Crippen LogP contribution in [-0.4, -0.2) is 11.7 Å². The van der Waals surface area contributed by atoms with Crippen molar-refractivity contribution in [2.45, 2.75) is 5.33 Å². The summed E-state index contributed by atoms with van der Waals surface area (Å²) in [6.45, 7) is 0. The van der Waals surface area contributed by atoms with Crippen LogP contribution in [0.3, 0.4) is 0 Å². The summed E-state index contributed by atoms with van der Waals surface area (Å²) < 4.78 is 6.82. The molecule has 2 aromatic rings. The van der Waals surface area contributed by atoms with Gasteiger partial charge in [0.15, 0.2) is 0 Å². The minimum Gasteiger partial charge on any atom is -0.497 e. The second kappa shape index (κ2) is 4.29. The van der Waals surface area contributed by atoms with Crippen molar-refractivity contribution in [3.8, 4) is 5.75 Å². The van der Waals surface area contributed by atoms with Crippen LogP contribution in [0.5, 0.6) is 5.75 Å². The van der Waals surface area contributed by atoms with Gasteiger partial charge in [0.25, 0.3) is 5.56 Å². The highest BCUT2D eigenvalue weighted by atomic mass is 79.9. The molecule has 0 fully saturated rings. The molecule has 1 aromatic heterocycles. The number of hydrogen-bond acceptors (Lipinski definition) is 2. The molecular formula is C12H12BrNO2. The van der Waals surface area contributed by atoms with Crippen molar-refractivity contribution in [2.75, 3.05) is 7.11 Å². The first-order chi connectivity index (χ1) is 7.67. The van der Waals surface area contributed by atoms with Crippen molar-refractivity contribution in [3.05, 3.63) is 40.2 Å². The lowest BCUT2D eigenvalue weighted by molar-refractivity contribution is 0.415. The normalized spacial score (nSPS) is 10.7. The van der Waals surface area contributed by atoms with E-state index in [1.54, 1.807) is 18.7 Å². The van der Waals surface area contributed by atoms with Gasteiger partial charge in [-0.05, 0) is 24.3 Å². The SMILES string of the molecule is COc1ccc2c(c1)cc(CBr)c(=O)n2C. The fraction of sp³-hybridized carbons (Fsp3) is 0.250. The van der Waals surface area contributed by atoms with Gasteiger partial charge in [-0.3, -0.25) is 4.79 Å². The topological polar surface area (TPSA) is 31.2 Å². The first-order valence-electron chi connectivity index (χ1n) is 4.90. The number of alkyl halides is 1. The van der Waals surface area contributed by atoms with Crippen molar-refractivity contribution in [3.63, 3.8) is 0 Å². The lowest BCUT2D eigenvalue weighted by atomic mass is 10.1. The first kappa shape index (κ1) is 11.2. The molecule has 0 spiro atoms. The van der Waals surface area contributed by atoms with E-state index in [2.05, 4.69) is 15.9 Å². The standard InChI is InChI=1S/C12H12BrNO2/c1-14-11-4-3-10(16-2)6-8(11)5-9(7-13)12(14)15/h3-6H,7H2,1-2H3. The lowest BCUT2D eigenvalue weighted by Crippen LogP contribution is -2.20. The third kappa shape index (κ3) is 1.73. The number of pyridine rings is 1. The van der Waals surface area contributed by atoms with Crippen molar-refractivity contribution < 1.29 is 4.74 Å². The van der Waals surface area contributed by atoms with E-state index in [4.69, 9.17) is 4.74 Å². The third-order valence-electron chi connectivity index (χ3n) is 2.65. The molecule has 0 N–H and O–H groups in total. The van der Waals surface area contributed by atoms with Crippen LogP contribution in [0.2, 0.25) is 0 Å². The summed E-state index contributed by atoms with van der Waals surface area (Å²) in [5, 5.41) is 1.57. The summed E-state index contributed by atoms with van der Waals surface area (Å²) in [5.41, 5.74) is 1.70. The molecule has 16 heavy (non-hydrogen) atoms. The third-order valence-corrected chi connectivity index (χ3v) is 3.25. The highest BCUT2D eigenvalue weighted by Crippen LogP contribution is 2.20. The molecule has 0 unspecified atom stereocenters. The van der Waals surface area contributed by atoms with Gasteiger partial charge in [-0.25, -0.2) is 0 Å². The van der Waals surface area contributed by atoms with Crippen LogP contribution in [0.1, 0.15) is 5.56 Å². The van der Waals surface area contributed by atoms with Crippen molar-refractivity contribution in [1.82, 2.24) is 4.57 Å². The number of hydrogen-bond donors (Lipinski definition) is 0. The minimum atomic E-state index is 0.0366. The monoisotopic (exact) mass is 281 g/mol. The number of nitrogens with zero attached hydrogens (tertiary/aromatic N) is 1. The first-order valence-corrected chi connectivity index (χ1v) is 6.02. The summed E-state index contributed by atoms with van der Waals surface area (Å²) in [6, 6.07) is 7.58. The zero-order valence-corrected chi connectivity index (χ0v) is 10.7. The van der Waals surface area contributed by atoms with Gasteiger partial charge < -0.3 is 9.30 Å². The molecule has 0 aliphatic heterocycles. The van der Waals surface area contributed by atoms with Crippen LogP contribution in [0.15, 0.2) is 29.1 Å². The number of aryl methyl sites for hydroxylation is 1. The molecule has 1 heterocycles. The second-order valence-corrected chi connectivity index (χ2v) is 4.15. The van der Waals surface area contributed by atoms with E-state index in [0.29, 0.717) is 5.33 Å². The Balaban J connectivity index is 2.82. The predicted octanol–water partition coefficient (Wildman–Crippen LogP) is 2.44. The second-order valence-electron chi connectivity index (χ2n) is 3.59. The smallest absolute Gasteiger partial charge is 0.254 e. The van der Waals surface area contributed by atoms with Gasteiger partial charge in [0.1, 0.15) is 5.75 Å². The average molecular weight is 282 g/mol. The lowest BCUT2D eigenvalue weighted by Gasteiger charge is -2.08. The Morgan fingerprint density at radius 1 is 1.38 bits per heavy atom. The predicted molar refractivity (Wildman–Crippen MR) is 68.4 cm³/mol. The number of rotatable bonds is 2. The Bertz CT molecular complexity index is 589. The van der Waals surface area contributed by atoms with Gasteiger partial charge in [0.05, 0.1) is 12.6 Å². The maximum atomic E-state index is 11.9. The summed E-state index contributed by atoms with van der Waals surface area (Å²) >= 11 is 3.32. The van der Waals surface area contributed by atoms with Crippen LogP contribution in [0.25, 0.3) is 10.9 Å². The zero-order chi connectivity index (χ0) is 11.7. The number of fused-ring (bicyclic) bond motifs is 1. The largest absolute Gasteiger partial charge is 0.497 e. The van der Waals surface area contributed by atoms with Crippen LogP contribution in [0, 0.1) is 0 Å². The Kier molecular flexibility index (Phi) is 3.01. The number of aromatic nitrogens is 1. The number of ether oxygens (including phenoxy) is 1. The zero-order valence-electron chi connectivity index (χ0n) is 9.16. The Morgan fingerprint density at radius 3 is 2.75 bits per heavy atom. The molecule has 84 valence electrons. The average Bonchev–Trinajstić information content (AvgIpc) is 2.33. The molecular weight excluding hydrogens is 270 g/mol. The molecule has 3 nitrogen and oxygen atoms in total. The molecule has 0 atom stereocenters. The molecule has 0 amide bonds. The highest BCUT2D eigenvalue weighted by molar-refractivity contribution is 9.08. The fourth-order valence-electron chi connectivity index (χ4n) is 1.75. The number of halogens is 1. The van der Waals surface area contributed by atoms with E-state index < -0.39 is 0 Å². The highest BCUT2D eigenvalue weighted by Gasteiger charge is 2.06. The van der Waals surface area contributed by atoms with Crippen LogP contribution >= 0.6 is 15.9 Å². The summed E-state index contributed by atoms with van der Waals surface area (Å²) in [7, 11) is 3.41. The molecule has 0 radical (unpaired) electrons. The van der Waals surface area contributed by atoms with Gasteiger partial charge in [-0.2, -0.15) is 0 Å². The molecule has 0 saturated carbocycles. The molecule has 0 saturated heterocycles. The number of benzene rings is 1. The maximum Gasteiger partial charge on any atom is 0.254 e. The van der Waals surface area contributed by atoms with E-state index >= 15 is 0 Å². The summed E-state index contributed by atoms with van der Waals surface area (Å²) in [6.07, 6.45) is 0. The summed E-state index contributed by atoms with van der Waals surface area (Å²) in [4.78, 5) is 11.9. The van der Waals surface area contributed by atoms with Gasteiger partial charge >= 0.3 is 0 Å². The van der Waals surface area contributed by atoms with E-state index in [9.17, 15) is 4.79 Å². The molecule has 0 aliphatic carbocycles. The van der Waals surface area contributed by atoms with Crippen molar-refractivity contribution in [2.24, 2.45) is 7.05 Å². The molecule has 1 aromatic carbocycles. The molecule has 0 bridgehead atoms. The van der Waals surface area contributed by atoms with Crippen molar-refractivity contribution >= 4 is 26.8 Å². The van der Waals surface area contributed by atoms with E-state index in [0.717, 1.165) is 22.2 Å². The van der Waals surface area contributed by atoms with E-state index in [1.165, 1.54) is 0 Å². The van der Waals surface area contributed by atoms with Gasteiger partial charge in [0, 0.05) is 23.3 Å². The van der Waals surface area contributed by atoms with Gasteiger partial charge in [-0.1, -0.05) is 15.9 Å². The van der Waals surface area contributed by atoms with E-state index in [-0.39, 0.29) is 5.56 Å². The molecule has 4 heteroatoms. The van der Waals surface area contributed by atoms with Crippen molar-refractivity contribution in [1.29, 1.82) is 0 Å². The minimum absolute atomic E-state index is 0.0366. The molecule has 2 rings (SSSR count). The van der Waals surface area contributed by atoms with Crippen LogP contribution < -0.4 is 10.3 Å². The number of methoxy groups -OCH3 is 1. The summed E-state index contributed by atoms with van der Waals surface area (Å²) in [5.74, 6) is 0.798. The molecule has 0 aliphatic rings. The Hall–Kier alpha value is -1.29. The van der Waals surface area contributed by atoms with Crippen LogP contribution in [-0.2, 0) is 12.4 Å². The quantitative estimate of drug-likeness (QED) is 0.792. The fourth-order valence-corrected chi connectivity index (χ4v) is 2.15. The Labute approximate surface area is 102 Å². The van der Waals surface area contributed by atoms with Gasteiger partial charge in [0.2, 0.25) is 0 Å². The van der Waals surface area contributed by atoms with E-state index in [1.807, 2.05) is 24.3 Å². The maximum absolute atomic E-state index is 11.9.